The van der Waals surface area contributed by atoms with E-state index < -0.39 is 5.97 Å². The highest BCUT2D eigenvalue weighted by Crippen LogP contribution is 2.39. The first-order chi connectivity index (χ1) is 8.22. The molecule has 0 aliphatic heterocycles. The molecule has 3 rings (SSSR count). The molecule has 1 aromatic carbocycles. The molecule has 1 aromatic heterocycles. The summed E-state index contributed by atoms with van der Waals surface area (Å²) in [5.74, 6) is 0.939. The van der Waals surface area contributed by atoms with Gasteiger partial charge in [0.15, 0.2) is 0 Å². The van der Waals surface area contributed by atoms with Crippen LogP contribution in [0.1, 0.15) is 36.6 Å². The molecule has 0 unspecified atom stereocenters. The second kappa shape index (κ2) is 3.87. The topological polar surface area (TPSA) is 66.0 Å². The Bertz CT molecular complexity index is 570. The smallest absolute Gasteiger partial charge is 0.303 e. The molecule has 1 aliphatic rings. The van der Waals surface area contributed by atoms with E-state index in [4.69, 9.17) is 5.11 Å². The van der Waals surface area contributed by atoms with E-state index >= 15 is 0 Å². The predicted molar refractivity (Wildman–Crippen MR) is 64.0 cm³/mol. The molecular weight excluding hydrogens is 216 g/mol. The number of hydrogen-bond acceptors (Lipinski definition) is 2. The van der Waals surface area contributed by atoms with Gasteiger partial charge in [-0.05, 0) is 37.0 Å². The number of carboxylic acids is 1. The maximum atomic E-state index is 10.5. The Morgan fingerprint density at radius 1 is 1.47 bits per heavy atom. The third kappa shape index (κ3) is 2.16. The van der Waals surface area contributed by atoms with Crippen LogP contribution in [0.25, 0.3) is 11.0 Å². The highest BCUT2D eigenvalue weighted by atomic mass is 16.4. The molecule has 1 fully saturated rings. The first kappa shape index (κ1) is 10.3. The molecule has 88 valence electrons. The van der Waals surface area contributed by atoms with Crippen LogP contribution < -0.4 is 0 Å². The summed E-state index contributed by atoms with van der Waals surface area (Å²) in [7, 11) is 0. The van der Waals surface area contributed by atoms with Crippen molar-refractivity contribution in [3.63, 3.8) is 0 Å². The van der Waals surface area contributed by atoms with E-state index in [0.717, 1.165) is 22.4 Å². The molecule has 0 bridgehead atoms. The predicted octanol–water partition coefficient (Wildman–Crippen LogP) is 2.46. The Labute approximate surface area is 98.7 Å². The van der Waals surface area contributed by atoms with Gasteiger partial charge in [-0.3, -0.25) is 4.79 Å². The lowest BCUT2D eigenvalue weighted by molar-refractivity contribution is -0.136. The van der Waals surface area contributed by atoms with Crippen LogP contribution in [0, 0.1) is 0 Å². The fourth-order valence-corrected chi connectivity index (χ4v) is 2.03. The summed E-state index contributed by atoms with van der Waals surface area (Å²) in [6.45, 7) is 0. The number of carbonyl (C=O) groups is 1. The fraction of sp³-hybridized carbons (Fsp3) is 0.385. The quantitative estimate of drug-likeness (QED) is 0.847. The molecule has 2 N–H and O–H groups in total. The largest absolute Gasteiger partial charge is 0.481 e. The van der Waals surface area contributed by atoms with E-state index in [2.05, 4.69) is 9.97 Å². The molecule has 4 nitrogen and oxygen atoms in total. The highest BCUT2D eigenvalue weighted by Gasteiger charge is 2.26. The van der Waals surface area contributed by atoms with Crippen molar-refractivity contribution in [1.29, 1.82) is 0 Å². The van der Waals surface area contributed by atoms with Gasteiger partial charge in [0.1, 0.15) is 5.82 Å². The third-order valence-electron chi connectivity index (χ3n) is 3.16. The number of aryl methyl sites for hydroxylation is 1. The maximum absolute atomic E-state index is 10.5. The first-order valence-electron chi connectivity index (χ1n) is 5.93. The monoisotopic (exact) mass is 230 g/mol. The van der Waals surface area contributed by atoms with Gasteiger partial charge in [0.2, 0.25) is 0 Å². The number of aromatic amines is 1. The van der Waals surface area contributed by atoms with Crippen molar-refractivity contribution in [2.75, 3.05) is 0 Å². The van der Waals surface area contributed by atoms with Gasteiger partial charge in [0.25, 0.3) is 0 Å². The average Bonchev–Trinajstić information content (AvgIpc) is 3.06. The van der Waals surface area contributed by atoms with E-state index in [1.165, 1.54) is 12.8 Å². The van der Waals surface area contributed by atoms with Crippen molar-refractivity contribution in [3.8, 4) is 0 Å². The lowest BCUT2D eigenvalue weighted by Crippen LogP contribution is -1.97. The van der Waals surface area contributed by atoms with Crippen molar-refractivity contribution in [3.05, 3.63) is 29.6 Å². The van der Waals surface area contributed by atoms with Crippen LogP contribution in [0.2, 0.25) is 0 Å². The normalized spacial score (nSPS) is 15.3. The van der Waals surface area contributed by atoms with Crippen LogP contribution >= 0.6 is 0 Å². The number of benzene rings is 1. The zero-order valence-electron chi connectivity index (χ0n) is 9.44. The van der Waals surface area contributed by atoms with Gasteiger partial charge in [-0.15, -0.1) is 0 Å². The summed E-state index contributed by atoms with van der Waals surface area (Å²) >= 11 is 0. The van der Waals surface area contributed by atoms with Gasteiger partial charge in [-0.1, -0.05) is 6.07 Å². The fourth-order valence-electron chi connectivity index (χ4n) is 2.03. The number of fused-ring (bicyclic) bond motifs is 1. The molecule has 0 radical (unpaired) electrons. The maximum Gasteiger partial charge on any atom is 0.303 e. The van der Waals surface area contributed by atoms with Crippen molar-refractivity contribution in [1.82, 2.24) is 9.97 Å². The molecule has 0 amide bonds. The van der Waals surface area contributed by atoms with E-state index in [0.29, 0.717) is 12.3 Å². The zero-order chi connectivity index (χ0) is 11.8. The van der Waals surface area contributed by atoms with E-state index in [1.54, 1.807) is 0 Å². The van der Waals surface area contributed by atoms with Crippen molar-refractivity contribution in [2.45, 2.75) is 31.6 Å². The first-order valence-corrected chi connectivity index (χ1v) is 5.93. The zero-order valence-corrected chi connectivity index (χ0v) is 9.44. The Kier molecular flexibility index (Phi) is 2.35. The minimum absolute atomic E-state index is 0.176. The number of H-pyrrole nitrogens is 1. The lowest BCUT2D eigenvalue weighted by Gasteiger charge is -1.97. The highest BCUT2D eigenvalue weighted by molar-refractivity contribution is 5.76. The summed E-state index contributed by atoms with van der Waals surface area (Å²) in [6, 6.07) is 5.94. The van der Waals surface area contributed by atoms with Gasteiger partial charge in [0, 0.05) is 12.3 Å². The van der Waals surface area contributed by atoms with Crippen molar-refractivity contribution < 1.29 is 9.90 Å². The Balaban J connectivity index is 1.86. The second-order valence-corrected chi connectivity index (χ2v) is 4.64. The summed E-state index contributed by atoms with van der Waals surface area (Å²) in [4.78, 5) is 18.4. The third-order valence-corrected chi connectivity index (χ3v) is 3.16. The number of aliphatic carboxylic acids is 1. The molecular formula is C13H14N2O2. The van der Waals surface area contributed by atoms with Gasteiger partial charge < -0.3 is 10.1 Å². The minimum atomic E-state index is -0.756. The standard InChI is InChI=1S/C13H14N2O2/c16-12(17)6-2-8-1-5-10-11(7-8)15-13(14-10)9-3-4-9/h1,5,7,9H,2-4,6H2,(H,14,15)(H,16,17). The van der Waals surface area contributed by atoms with Gasteiger partial charge in [-0.25, -0.2) is 4.98 Å². The summed E-state index contributed by atoms with van der Waals surface area (Å²) in [5.41, 5.74) is 3.05. The molecule has 4 heteroatoms. The number of aromatic nitrogens is 2. The van der Waals surface area contributed by atoms with Gasteiger partial charge in [0.05, 0.1) is 11.0 Å². The molecule has 1 aliphatic carbocycles. The van der Waals surface area contributed by atoms with E-state index in [1.807, 2.05) is 18.2 Å². The average molecular weight is 230 g/mol. The second-order valence-electron chi connectivity index (χ2n) is 4.64. The molecule has 1 heterocycles. The van der Waals surface area contributed by atoms with E-state index in [-0.39, 0.29) is 6.42 Å². The van der Waals surface area contributed by atoms with Crippen LogP contribution in [0.4, 0.5) is 0 Å². The van der Waals surface area contributed by atoms with Crippen molar-refractivity contribution >= 4 is 17.0 Å². The summed E-state index contributed by atoms with van der Waals surface area (Å²) < 4.78 is 0. The number of nitrogens with one attached hydrogen (secondary N) is 1. The molecule has 0 saturated heterocycles. The SMILES string of the molecule is O=C(O)CCc1ccc2nc(C3CC3)[nH]c2c1. The lowest BCUT2D eigenvalue weighted by atomic mass is 10.1. The van der Waals surface area contributed by atoms with Crippen LogP contribution in [0.5, 0.6) is 0 Å². The number of carboxylic acid groups (broad SMARTS) is 1. The molecule has 17 heavy (non-hydrogen) atoms. The molecule has 2 aromatic rings. The molecule has 1 saturated carbocycles. The Morgan fingerprint density at radius 2 is 2.29 bits per heavy atom. The van der Waals surface area contributed by atoms with Crippen LogP contribution in [-0.4, -0.2) is 21.0 Å². The van der Waals surface area contributed by atoms with Gasteiger partial charge >= 0.3 is 5.97 Å². The Morgan fingerprint density at radius 3 is 3.00 bits per heavy atom. The summed E-state index contributed by atoms with van der Waals surface area (Å²) in [6.07, 6.45) is 3.20. The Hall–Kier alpha value is -1.84. The summed E-state index contributed by atoms with van der Waals surface area (Å²) in [5, 5.41) is 8.65. The van der Waals surface area contributed by atoms with E-state index in [9.17, 15) is 4.79 Å². The number of rotatable bonds is 4. The van der Waals surface area contributed by atoms with Gasteiger partial charge in [-0.2, -0.15) is 0 Å². The van der Waals surface area contributed by atoms with Crippen LogP contribution in [0.3, 0.4) is 0 Å². The minimum Gasteiger partial charge on any atom is -0.481 e. The molecule has 0 atom stereocenters. The number of imidazole rings is 1. The molecule has 0 spiro atoms. The number of hydrogen-bond donors (Lipinski definition) is 2. The number of nitrogens with zero attached hydrogens (tertiary/aromatic N) is 1. The van der Waals surface area contributed by atoms with Crippen LogP contribution in [-0.2, 0) is 11.2 Å². The van der Waals surface area contributed by atoms with Crippen LogP contribution in [0.15, 0.2) is 18.2 Å². The van der Waals surface area contributed by atoms with Crippen molar-refractivity contribution in [2.24, 2.45) is 0 Å².